The number of carbonyl (C=O) groups excluding carboxylic acids is 1. The second kappa shape index (κ2) is 5.32. The number of hydrogen-bond acceptors (Lipinski definition) is 3. The lowest BCUT2D eigenvalue weighted by Crippen LogP contribution is -2.16. The van der Waals surface area contributed by atoms with Crippen LogP contribution in [0.25, 0.3) is 0 Å². The summed E-state index contributed by atoms with van der Waals surface area (Å²) in [5.41, 5.74) is -0.872. The molecule has 0 fully saturated rings. The van der Waals surface area contributed by atoms with Crippen LogP contribution in [0.1, 0.15) is 21.7 Å². The Kier molecular flexibility index (Phi) is 3.74. The molecule has 0 aliphatic heterocycles. The third-order valence-electron chi connectivity index (χ3n) is 2.63. The molecule has 6 heteroatoms. The van der Waals surface area contributed by atoms with E-state index in [9.17, 15) is 22.8 Å². The van der Waals surface area contributed by atoms with E-state index in [2.05, 4.69) is 4.42 Å². The normalized spacial score (nSPS) is 11.3. The Labute approximate surface area is 111 Å². The number of benzene rings is 1. The molecule has 1 heterocycles. The quantitative estimate of drug-likeness (QED) is 0.813. The summed E-state index contributed by atoms with van der Waals surface area (Å²) in [6.45, 7) is 0. The highest BCUT2D eigenvalue weighted by Crippen LogP contribution is 2.28. The molecule has 0 aliphatic rings. The first-order chi connectivity index (χ1) is 9.38. The van der Waals surface area contributed by atoms with Gasteiger partial charge in [-0.3, -0.25) is 4.79 Å². The summed E-state index contributed by atoms with van der Waals surface area (Å²) in [5.74, 6) is -1.74. The Morgan fingerprint density at radius 1 is 1.05 bits per heavy atom. The Bertz CT molecular complexity index is 672. The van der Waals surface area contributed by atoms with Crippen LogP contribution >= 0.6 is 0 Å². The maximum atomic E-state index is 12.3. The molecule has 0 aliphatic carbocycles. The number of halogens is 3. The fourth-order valence-corrected chi connectivity index (χ4v) is 1.63. The summed E-state index contributed by atoms with van der Waals surface area (Å²) >= 11 is 0. The fraction of sp³-hybridized carbons (Fsp3) is 0.143. The van der Waals surface area contributed by atoms with E-state index in [0.29, 0.717) is 11.6 Å². The van der Waals surface area contributed by atoms with Crippen molar-refractivity contribution in [1.29, 1.82) is 0 Å². The van der Waals surface area contributed by atoms with Crippen molar-refractivity contribution in [3.8, 4) is 0 Å². The maximum absolute atomic E-state index is 12.3. The van der Waals surface area contributed by atoms with Gasteiger partial charge < -0.3 is 4.42 Å². The van der Waals surface area contributed by atoms with Crippen LogP contribution < -0.4 is 5.63 Å². The van der Waals surface area contributed by atoms with Crippen LogP contribution in [0.2, 0.25) is 0 Å². The van der Waals surface area contributed by atoms with E-state index in [0.717, 1.165) is 6.07 Å². The molecular formula is C14H9F3O3. The lowest BCUT2D eigenvalue weighted by Gasteiger charge is -2.05. The molecule has 2 rings (SSSR count). The van der Waals surface area contributed by atoms with Gasteiger partial charge in [-0.05, 0) is 12.1 Å². The van der Waals surface area contributed by atoms with Crippen molar-refractivity contribution >= 4 is 5.78 Å². The summed E-state index contributed by atoms with van der Waals surface area (Å²) in [6.07, 6.45) is -5.02. The van der Waals surface area contributed by atoms with Gasteiger partial charge in [0.2, 0.25) is 5.76 Å². The van der Waals surface area contributed by atoms with Gasteiger partial charge in [0.25, 0.3) is 0 Å². The van der Waals surface area contributed by atoms with E-state index in [1.165, 1.54) is 0 Å². The van der Waals surface area contributed by atoms with Crippen molar-refractivity contribution in [2.75, 3.05) is 0 Å². The molecule has 0 amide bonds. The molecule has 0 N–H and O–H groups in total. The SMILES string of the molecule is O=C(Cc1ccc(C(F)(F)F)oc1=O)c1ccccc1. The largest absolute Gasteiger partial charge is 0.449 e. The Balaban J connectivity index is 2.23. The van der Waals surface area contributed by atoms with Crippen LogP contribution in [0.4, 0.5) is 13.2 Å². The average Bonchev–Trinajstić information content (AvgIpc) is 2.41. The zero-order valence-electron chi connectivity index (χ0n) is 10.1. The van der Waals surface area contributed by atoms with Crippen molar-refractivity contribution in [2.45, 2.75) is 12.6 Å². The topological polar surface area (TPSA) is 47.3 Å². The van der Waals surface area contributed by atoms with Crippen molar-refractivity contribution < 1.29 is 22.4 Å². The highest BCUT2D eigenvalue weighted by Gasteiger charge is 2.34. The number of ketones is 1. The van der Waals surface area contributed by atoms with Gasteiger partial charge in [-0.2, -0.15) is 13.2 Å². The minimum Gasteiger partial charge on any atom is -0.418 e. The van der Waals surface area contributed by atoms with Gasteiger partial charge in [0.1, 0.15) is 0 Å². The van der Waals surface area contributed by atoms with Crippen molar-refractivity contribution in [2.24, 2.45) is 0 Å². The number of carbonyl (C=O) groups is 1. The predicted molar refractivity (Wildman–Crippen MR) is 64.5 cm³/mol. The molecule has 20 heavy (non-hydrogen) atoms. The molecule has 0 saturated carbocycles. The highest BCUT2D eigenvalue weighted by molar-refractivity contribution is 5.97. The van der Waals surface area contributed by atoms with E-state index < -0.39 is 17.6 Å². The van der Waals surface area contributed by atoms with Gasteiger partial charge in [0, 0.05) is 17.5 Å². The minimum absolute atomic E-state index is 0.105. The summed E-state index contributed by atoms with van der Waals surface area (Å²) in [6, 6.07) is 9.78. The lowest BCUT2D eigenvalue weighted by atomic mass is 10.0. The van der Waals surface area contributed by atoms with Crippen molar-refractivity contribution in [1.82, 2.24) is 0 Å². The fourth-order valence-electron chi connectivity index (χ4n) is 1.63. The molecule has 1 aromatic carbocycles. The zero-order valence-corrected chi connectivity index (χ0v) is 10.1. The predicted octanol–water partition coefficient (Wildman–Crippen LogP) is 3.08. The molecule has 3 nitrogen and oxygen atoms in total. The average molecular weight is 282 g/mol. The number of rotatable bonds is 3. The van der Waals surface area contributed by atoms with Gasteiger partial charge in [0.15, 0.2) is 5.78 Å². The Hall–Kier alpha value is -2.37. The van der Waals surface area contributed by atoms with Crippen LogP contribution in [0, 0.1) is 0 Å². The van der Waals surface area contributed by atoms with Crippen LogP contribution in [-0.4, -0.2) is 5.78 Å². The Morgan fingerprint density at radius 2 is 1.70 bits per heavy atom. The van der Waals surface area contributed by atoms with Crippen molar-refractivity contribution in [3.05, 3.63) is 69.8 Å². The van der Waals surface area contributed by atoms with Gasteiger partial charge in [-0.15, -0.1) is 0 Å². The monoisotopic (exact) mass is 282 g/mol. The highest BCUT2D eigenvalue weighted by atomic mass is 19.4. The van der Waals surface area contributed by atoms with E-state index in [1.54, 1.807) is 30.3 Å². The molecule has 0 saturated heterocycles. The lowest BCUT2D eigenvalue weighted by molar-refractivity contribution is -0.154. The van der Waals surface area contributed by atoms with E-state index in [1.807, 2.05) is 0 Å². The second-order valence-corrected chi connectivity index (χ2v) is 4.08. The van der Waals surface area contributed by atoms with Crippen molar-refractivity contribution in [3.63, 3.8) is 0 Å². The van der Waals surface area contributed by atoms with Gasteiger partial charge in [0.05, 0.1) is 0 Å². The maximum Gasteiger partial charge on any atom is 0.449 e. The second-order valence-electron chi connectivity index (χ2n) is 4.08. The first-order valence-corrected chi connectivity index (χ1v) is 5.66. The number of alkyl halides is 3. The van der Waals surface area contributed by atoms with Crippen LogP contribution in [-0.2, 0) is 12.6 Å². The van der Waals surface area contributed by atoms with E-state index in [4.69, 9.17) is 0 Å². The van der Waals surface area contributed by atoms with Crippen LogP contribution in [0.3, 0.4) is 0 Å². The third-order valence-corrected chi connectivity index (χ3v) is 2.63. The summed E-state index contributed by atoms with van der Waals surface area (Å²) in [7, 11) is 0. The standard InChI is InChI=1S/C14H9F3O3/c15-14(16,17)12-7-6-10(13(19)20-12)8-11(18)9-4-2-1-3-5-9/h1-7H,8H2. The molecule has 104 valence electrons. The molecule has 1 aromatic heterocycles. The van der Waals surface area contributed by atoms with Crippen LogP contribution in [0.5, 0.6) is 0 Å². The molecule has 0 unspecified atom stereocenters. The van der Waals surface area contributed by atoms with E-state index in [-0.39, 0.29) is 17.8 Å². The molecule has 0 bridgehead atoms. The Morgan fingerprint density at radius 3 is 2.25 bits per heavy atom. The summed E-state index contributed by atoms with van der Waals surface area (Å²) in [4.78, 5) is 23.3. The smallest absolute Gasteiger partial charge is 0.418 e. The summed E-state index contributed by atoms with van der Waals surface area (Å²) < 4.78 is 41.2. The van der Waals surface area contributed by atoms with Gasteiger partial charge >= 0.3 is 11.8 Å². The minimum atomic E-state index is -4.72. The molecular weight excluding hydrogens is 273 g/mol. The molecule has 2 aromatic rings. The molecule has 0 spiro atoms. The van der Waals surface area contributed by atoms with Gasteiger partial charge in [-0.1, -0.05) is 30.3 Å². The zero-order chi connectivity index (χ0) is 14.8. The third kappa shape index (κ3) is 3.14. The van der Waals surface area contributed by atoms with Crippen LogP contribution in [0.15, 0.2) is 51.7 Å². The first kappa shape index (κ1) is 14.0. The first-order valence-electron chi connectivity index (χ1n) is 5.66. The summed E-state index contributed by atoms with van der Waals surface area (Å²) in [5, 5.41) is 0. The number of hydrogen-bond donors (Lipinski definition) is 0. The molecule has 0 radical (unpaired) electrons. The van der Waals surface area contributed by atoms with Gasteiger partial charge in [-0.25, -0.2) is 4.79 Å². The molecule has 0 atom stereocenters. The van der Waals surface area contributed by atoms with E-state index >= 15 is 0 Å². The number of Topliss-reactive ketones (excluding diaryl/α,β-unsaturated/α-hetero) is 1.